The molecule has 1 N–H and O–H groups in total. The van der Waals surface area contributed by atoms with E-state index < -0.39 is 0 Å². The first kappa shape index (κ1) is 17.4. The largest absolute Gasteiger partial charge is 0.504 e. The highest BCUT2D eigenvalue weighted by molar-refractivity contribution is 5.82. The maximum atomic E-state index is 11.1. The zero-order valence-corrected chi connectivity index (χ0v) is 15.3. The zero-order chi connectivity index (χ0) is 18.8. The van der Waals surface area contributed by atoms with E-state index in [1.807, 2.05) is 12.3 Å². The van der Waals surface area contributed by atoms with E-state index in [1.165, 1.54) is 5.69 Å². The van der Waals surface area contributed by atoms with Gasteiger partial charge in [-0.25, -0.2) is 9.97 Å². The van der Waals surface area contributed by atoms with E-state index in [-0.39, 0.29) is 11.4 Å². The zero-order valence-electron chi connectivity index (χ0n) is 15.3. The van der Waals surface area contributed by atoms with Gasteiger partial charge in [-0.05, 0) is 49.9 Å². The Morgan fingerprint density at radius 3 is 2.81 bits per heavy atom. The maximum absolute atomic E-state index is 11.1. The van der Waals surface area contributed by atoms with Crippen LogP contribution in [0.25, 0.3) is 10.9 Å². The quantitative estimate of drug-likeness (QED) is 0.717. The molecule has 3 aromatic rings. The van der Waals surface area contributed by atoms with Crippen molar-refractivity contribution in [2.24, 2.45) is 5.92 Å². The number of carbonyl (C=O) groups is 1. The molecule has 2 aromatic heterocycles. The van der Waals surface area contributed by atoms with Gasteiger partial charge < -0.3 is 10.0 Å². The van der Waals surface area contributed by atoms with Gasteiger partial charge >= 0.3 is 0 Å². The number of fused-ring (bicyclic) bond motifs is 1. The monoisotopic (exact) mass is 362 g/mol. The summed E-state index contributed by atoms with van der Waals surface area (Å²) in [6.07, 6.45) is 5.23. The number of aldehydes is 1. The van der Waals surface area contributed by atoms with Gasteiger partial charge in [0.05, 0.1) is 11.2 Å². The van der Waals surface area contributed by atoms with Crippen LogP contribution in [0, 0.1) is 12.8 Å². The van der Waals surface area contributed by atoms with Crippen LogP contribution < -0.4 is 4.90 Å². The van der Waals surface area contributed by atoms with Gasteiger partial charge in [-0.15, -0.1) is 0 Å². The third-order valence-corrected chi connectivity index (χ3v) is 5.28. The third kappa shape index (κ3) is 3.60. The Morgan fingerprint density at radius 2 is 2.04 bits per heavy atom. The van der Waals surface area contributed by atoms with Gasteiger partial charge in [-0.3, -0.25) is 9.78 Å². The Bertz CT molecular complexity index is 981. The highest BCUT2D eigenvalue weighted by atomic mass is 16.3. The first-order chi connectivity index (χ1) is 13.1. The van der Waals surface area contributed by atoms with E-state index in [0.29, 0.717) is 23.7 Å². The van der Waals surface area contributed by atoms with Crippen LogP contribution in [0.3, 0.4) is 0 Å². The Labute approximate surface area is 157 Å². The van der Waals surface area contributed by atoms with Gasteiger partial charge in [0.1, 0.15) is 11.5 Å². The second-order valence-electron chi connectivity index (χ2n) is 7.09. The molecule has 6 heteroatoms. The summed E-state index contributed by atoms with van der Waals surface area (Å²) >= 11 is 0. The van der Waals surface area contributed by atoms with Crippen LogP contribution in [0.1, 0.15) is 34.8 Å². The Kier molecular flexibility index (Phi) is 4.71. The SMILES string of the molecule is Cc1nc(CC2CCN(c3ccc4ncccc4c3)CC2)nc(C=O)c1O. The van der Waals surface area contributed by atoms with Crippen molar-refractivity contribution in [2.45, 2.75) is 26.2 Å². The van der Waals surface area contributed by atoms with Crippen molar-refractivity contribution >= 4 is 22.9 Å². The number of hydrogen-bond donors (Lipinski definition) is 1. The lowest BCUT2D eigenvalue weighted by molar-refractivity contribution is 0.111. The van der Waals surface area contributed by atoms with Crippen LogP contribution in [0.2, 0.25) is 0 Å². The van der Waals surface area contributed by atoms with E-state index in [0.717, 1.165) is 43.3 Å². The fraction of sp³-hybridized carbons (Fsp3) is 0.333. The normalized spacial score (nSPS) is 15.2. The molecule has 3 heterocycles. The third-order valence-electron chi connectivity index (χ3n) is 5.28. The molecule has 0 radical (unpaired) electrons. The van der Waals surface area contributed by atoms with Crippen molar-refractivity contribution in [2.75, 3.05) is 18.0 Å². The summed E-state index contributed by atoms with van der Waals surface area (Å²) in [4.78, 5) is 26.4. The summed E-state index contributed by atoms with van der Waals surface area (Å²) in [6, 6.07) is 10.5. The van der Waals surface area contributed by atoms with Crippen LogP contribution >= 0.6 is 0 Å². The molecule has 1 aromatic carbocycles. The molecule has 0 unspecified atom stereocenters. The van der Waals surface area contributed by atoms with Crippen LogP contribution in [-0.4, -0.2) is 39.4 Å². The average molecular weight is 362 g/mol. The van der Waals surface area contributed by atoms with Gasteiger partial charge in [0.25, 0.3) is 0 Å². The summed E-state index contributed by atoms with van der Waals surface area (Å²) in [5, 5.41) is 11.0. The minimum atomic E-state index is -0.116. The number of carbonyl (C=O) groups excluding carboxylic acids is 1. The Hall–Kier alpha value is -3.02. The van der Waals surface area contributed by atoms with Crippen LogP contribution in [-0.2, 0) is 6.42 Å². The van der Waals surface area contributed by atoms with Crippen molar-refractivity contribution in [3.05, 3.63) is 53.7 Å². The smallest absolute Gasteiger partial charge is 0.172 e. The van der Waals surface area contributed by atoms with E-state index in [1.54, 1.807) is 6.92 Å². The first-order valence-electron chi connectivity index (χ1n) is 9.25. The maximum Gasteiger partial charge on any atom is 0.172 e. The first-order valence-corrected chi connectivity index (χ1v) is 9.25. The number of anilines is 1. The van der Waals surface area contributed by atoms with E-state index in [9.17, 15) is 9.90 Å². The second-order valence-corrected chi connectivity index (χ2v) is 7.09. The highest BCUT2D eigenvalue weighted by Gasteiger charge is 2.22. The number of piperidine rings is 1. The van der Waals surface area contributed by atoms with Crippen molar-refractivity contribution < 1.29 is 9.90 Å². The average Bonchev–Trinajstić information content (AvgIpc) is 2.71. The van der Waals surface area contributed by atoms with Gasteiger partial charge in [-0.2, -0.15) is 0 Å². The molecular weight excluding hydrogens is 340 g/mol. The molecule has 1 aliphatic rings. The minimum absolute atomic E-state index is 0.0831. The number of rotatable bonds is 4. The molecular formula is C21H22N4O2. The number of aromatic hydroxyl groups is 1. The molecule has 0 amide bonds. The second kappa shape index (κ2) is 7.31. The molecule has 27 heavy (non-hydrogen) atoms. The molecule has 0 aliphatic carbocycles. The highest BCUT2D eigenvalue weighted by Crippen LogP contribution is 2.28. The molecule has 1 saturated heterocycles. The van der Waals surface area contributed by atoms with E-state index in [2.05, 4.69) is 44.1 Å². The molecule has 138 valence electrons. The Balaban J connectivity index is 1.42. The molecule has 0 spiro atoms. The van der Waals surface area contributed by atoms with Gasteiger partial charge in [-0.1, -0.05) is 6.07 Å². The van der Waals surface area contributed by atoms with Gasteiger partial charge in [0.2, 0.25) is 0 Å². The fourth-order valence-electron chi connectivity index (χ4n) is 3.74. The number of hydrogen-bond acceptors (Lipinski definition) is 6. The van der Waals surface area contributed by atoms with E-state index >= 15 is 0 Å². The lowest BCUT2D eigenvalue weighted by Crippen LogP contribution is -2.34. The summed E-state index contributed by atoms with van der Waals surface area (Å²) in [6.45, 7) is 3.66. The van der Waals surface area contributed by atoms with Gasteiger partial charge in [0.15, 0.2) is 12.0 Å². The fourth-order valence-corrected chi connectivity index (χ4v) is 3.74. The predicted molar refractivity (Wildman–Crippen MR) is 104 cm³/mol. The molecule has 1 aliphatic heterocycles. The minimum Gasteiger partial charge on any atom is -0.504 e. The lowest BCUT2D eigenvalue weighted by atomic mass is 9.92. The van der Waals surface area contributed by atoms with Crippen molar-refractivity contribution in [1.29, 1.82) is 0 Å². The summed E-state index contributed by atoms with van der Waals surface area (Å²) in [5.41, 5.74) is 2.79. The number of benzene rings is 1. The summed E-state index contributed by atoms with van der Waals surface area (Å²) in [5.74, 6) is 1.00. The van der Waals surface area contributed by atoms with Crippen molar-refractivity contribution in [3.8, 4) is 5.75 Å². The molecule has 0 saturated carbocycles. The predicted octanol–water partition coefficient (Wildman–Crippen LogP) is 3.31. The van der Waals surface area contributed by atoms with E-state index in [4.69, 9.17) is 0 Å². The van der Waals surface area contributed by atoms with Gasteiger partial charge in [0, 0.05) is 36.8 Å². The summed E-state index contributed by atoms with van der Waals surface area (Å²) in [7, 11) is 0. The number of nitrogens with zero attached hydrogens (tertiary/aromatic N) is 4. The van der Waals surface area contributed by atoms with Crippen LogP contribution in [0.15, 0.2) is 36.5 Å². The van der Waals surface area contributed by atoms with Crippen LogP contribution in [0.5, 0.6) is 5.75 Å². The van der Waals surface area contributed by atoms with Crippen molar-refractivity contribution in [3.63, 3.8) is 0 Å². The number of aromatic nitrogens is 3. The number of aryl methyl sites for hydroxylation is 1. The standard InChI is InChI=1S/C21H22N4O2/c1-14-21(27)19(13-26)24-20(23-14)11-15-6-9-25(10-7-15)17-4-5-18-16(12-17)3-2-8-22-18/h2-5,8,12-13,15,27H,6-7,9-11H2,1H3. The molecule has 0 bridgehead atoms. The lowest BCUT2D eigenvalue weighted by Gasteiger charge is -2.33. The van der Waals surface area contributed by atoms with Crippen LogP contribution in [0.4, 0.5) is 5.69 Å². The Morgan fingerprint density at radius 1 is 1.22 bits per heavy atom. The summed E-state index contributed by atoms with van der Waals surface area (Å²) < 4.78 is 0. The number of pyridine rings is 1. The molecule has 6 nitrogen and oxygen atoms in total. The molecule has 4 rings (SSSR count). The molecule has 0 atom stereocenters. The molecule has 1 fully saturated rings. The topological polar surface area (TPSA) is 79.2 Å². The van der Waals surface area contributed by atoms with Crippen molar-refractivity contribution in [1.82, 2.24) is 15.0 Å².